The monoisotopic (exact) mass is 355 g/mol. The fraction of sp³-hybridized carbons (Fsp3) is 0.381. The van der Waals surface area contributed by atoms with Crippen LogP contribution in [0.15, 0.2) is 54.6 Å². The highest BCUT2D eigenvalue weighted by Crippen LogP contribution is 2.17. The van der Waals surface area contributed by atoms with E-state index in [1.165, 1.54) is 12.1 Å². The Kier molecular flexibility index (Phi) is 6.23. The Balaban J connectivity index is 1.50. The van der Waals surface area contributed by atoms with Gasteiger partial charge >= 0.3 is 0 Å². The number of amides is 1. The van der Waals surface area contributed by atoms with Gasteiger partial charge in [0.05, 0.1) is 6.54 Å². The molecule has 3 rings (SSSR count). The highest BCUT2D eigenvalue weighted by atomic mass is 19.1. The van der Waals surface area contributed by atoms with Crippen molar-refractivity contribution in [1.29, 1.82) is 0 Å². The quantitative estimate of drug-likeness (QED) is 0.797. The van der Waals surface area contributed by atoms with Gasteiger partial charge in [0.1, 0.15) is 5.82 Å². The standard InChI is InChI=1S/C21H26FN3O/c1-2-24(16-18-6-4-3-5-7-18)21(26)17-23-12-14-25(15-13-23)20-10-8-19(22)9-11-20/h3-11H,2,12-17H2,1H3. The van der Waals surface area contributed by atoms with E-state index >= 15 is 0 Å². The summed E-state index contributed by atoms with van der Waals surface area (Å²) in [6.45, 7) is 7.23. The molecule has 5 heteroatoms. The largest absolute Gasteiger partial charge is 0.369 e. The first kappa shape index (κ1) is 18.4. The molecule has 1 fully saturated rings. The SMILES string of the molecule is CCN(Cc1ccccc1)C(=O)CN1CCN(c2ccc(F)cc2)CC1. The second kappa shape index (κ2) is 8.81. The molecule has 1 aliphatic heterocycles. The normalized spacial score (nSPS) is 15.1. The smallest absolute Gasteiger partial charge is 0.237 e. The van der Waals surface area contributed by atoms with Crippen LogP contribution in [0, 0.1) is 5.82 Å². The van der Waals surface area contributed by atoms with Crippen LogP contribution in [0.2, 0.25) is 0 Å². The molecule has 0 aromatic heterocycles. The van der Waals surface area contributed by atoms with Gasteiger partial charge in [-0.3, -0.25) is 9.69 Å². The van der Waals surface area contributed by atoms with Crippen LogP contribution in [0.3, 0.4) is 0 Å². The molecule has 0 saturated carbocycles. The minimum absolute atomic E-state index is 0.173. The van der Waals surface area contributed by atoms with E-state index < -0.39 is 0 Å². The summed E-state index contributed by atoms with van der Waals surface area (Å²) < 4.78 is 13.1. The maximum atomic E-state index is 13.1. The van der Waals surface area contributed by atoms with Crippen LogP contribution >= 0.6 is 0 Å². The van der Waals surface area contributed by atoms with Crippen molar-refractivity contribution in [2.75, 3.05) is 44.2 Å². The zero-order valence-corrected chi connectivity index (χ0v) is 15.3. The van der Waals surface area contributed by atoms with Crippen LogP contribution in [0.1, 0.15) is 12.5 Å². The Labute approximate surface area is 154 Å². The molecule has 138 valence electrons. The lowest BCUT2D eigenvalue weighted by atomic mass is 10.2. The molecular formula is C21H26FN3O. The number of benzene rings is 2. The summed E-state index contributed by atoms with van der Waals surface area (Å²) in [4.78, 5) is 19.0. The summed E-state index contributed by atoms with van der Waals surface area (Å²) in [7, 11) is 0. The number of hydrogen-bond acceptors (Lipinski definition) is 3. The number of rotatable bonds is 6. The number of nitrogens with zero attached hydrogens (tertiary/aromatic N) is 3. The van der Waals surface area contributed by atoms with E-state index in [0.717, 1.165) is 37.4 Å². The van der Waals surface area contributed by atoms with Gasteiger partial charge in [0, 0.05) is 45.0 Å². The average molecular weight is 355 g/mol. The Morgan fingerprint density at radius 1 is 1.00 bits per heavy atom. The van der Waals surface area contributed by atoms with Gasteiger partial charge in [-0.1, -0.05) is 30.3 Å². The summed E-state index contributed by atoms with van der Waals surface area (Å²) in [5.74, 6) is -0.0392. The Hall–Kier alpha value is -2.40. The highest BCUT2D eigenvalue weighted by Gasteiger charge is 2.21. The number of halogens is 1. The van der Waals surface area contributed by atoms with Crippen LogP contribution in [0.5, 0.6) is 0 Å². The number of carbonyl (C=O) groups excluding carboxylic acids is 1. The Morgan fingerprint density at radius 3 is 2.27 bits per heavy atom. The van der Waals surface area contributed by atoms with E-state index in [4.69, 9.17) is 0 Å². The van der Waals surface area contributed by atoms with E-state index in [1.807, 2.05) is 42.2 Å². The molecule has 0 radical (unpaired) electrons. The van der Waals surface area contributed by atoms with Gasteiger partial charge in [0.25, 0.3) is 0 Å². The Morgan fingerprint density at radius 2 is 1.65 bits per heavy atom. The summed E-state index contributed by atoms with van der Waals surface area (Å²) in [5.41, 5.74) is 2.19. The lowest BCUT2D eigenvalue weighted by Crippen LogP contribution is -2.50. The van der Waals surface area contributed by atoms with Crippen molar-refractivity contribution in [1.82, 2.24) is 9.80 Å². The molecule has 1 amide bonds. The molecule has 0 N–H and O–H groups in total. The van der Waals surface area contributed by atoms with Gasteiger partial charge in [-0.15, -0.1) is 0 Å². The lowest BCUT2D eigenvalue weighted by Gasteiger charge is -2.36. The van der Waals surface area contributed by atoms with Gasteiger partial charge < -0.3 is 9.80 Å². The highest BCUT2D eigenvalue weighted by molar-refractivity contribution is 5.78. The van der Waals surface area contributed by atoms with Crippen molar-refractivity contribution in [3.05, 3.63) is 66.0 Å². The van der Waals surface area contributed by atoms with Crippen LogP contribution in [-0.2, 0) is 11.3 Å². The van der Waals surface area contributed by atoms with E-state index in [2.05, 4.69) is 21.9 Å². The van der Waals surface area contributed by atoms with E-state index in [0.29, 0.717) is 19.6 Å². The van der Waals surface area contributed by atoms with E-state index in [9.17, 15) is 9.18 Å². The van der Waals surface area contributed by atoms with Crippen LogP contribution in [0.25, 0.3) is 0 Å². The summed E-state index contributed by atoms with van der Waals surface area (Å²) >= 11 is 0. The van der Waals surface area contributed by atoms with Gasteiger partial charge in [-0.2, -0.15) is 0 Å². The van der Waals surface area contributed by atoms with E-state index in [-0.39, 0.29) is 11.7 Å². The van der Waals surface area contributed by atoms with Crippen molar-refractivity contribution < 1.29 is 9.18 Å². The molecule has 1 aliphatic rings. The van der Waals surface area contributed by atoms with Gasteiger partial charge in [-0.25, -0.2) is 4.39 Å². The summed E-state index contributed by atoms with van der Waals surface area (Å²) in [6.07, 6.45) is 0. The molecule has 0 aliphatic carbocycles. The maximum Gasteiger partial charge on any atom is 0.237 e. The minimum Gasteiger partial charge on any atom is -0.369 e. The topological polar surface area (TPSA) is 26.8 Å². The molecule has 26 heavy (non-hydrogen) atoms. The number of carbonyl (C=O) groups is 1. The maximum absolute atomic E-state index is 13.1. The molecule has 4 nitrogen and oxygen atoms in total. The molecule has 1 heterocycles. The van der Waals surface area contributed by atoms with Gasteiger partial charge in [0.15, 0.2) is 0 Å². The Bertz CT molecular complexity index is 697. The van der Waals surface area contributed by atoms with Crippen LogP contribution < -0.4 is 4.90 Å². The molecule has 0 bridgehead atoms. The molecule has 1 saturated heterocycles. The molecule has 2 aromatic rings. The molecule has 2 aromatic carbocycles. The lowest BCUT2D eigenvalue weighted by molar-refractivity contribution is -0.132. The first-order valence-electron chi connectivity index (χ1n) is 9.20. The number of anilines is 1. The number of piperazine rings is 1. The first-order valence-corrected chi connectivity index (χ1v) is 9.20. The average Bonchev–Trinajstić information content (AvgIpc) is 2.68. The third kappa shape index (κ3) is 4.82. The summed E-state index contributed by atoms with van der Waals surface area (Å²) in [5, 5.41) is 0. The van der Waals surface area contributed by atoms with Gasteiger partial charge in [0.2, 0.25) is 5.91 Å². The third-order valence-corrected chi connectivity index (χ3v) is 4.87. The molecular weight excluding hydrogens is 329 g/mol. The second-order valence-electron chi connectivity index (χ2n) is 6.63. The second-order valence-corrected chi connectivity index (χ2v) is 6.63. The van der Waals surface area contributed by atoms with Crippen LogP contribution in [0.4, 0.5) is 10.1 Å². The zero-order valence-electron chi connectivity index (χ0n) is 15.3. The minimum atomic E-state index is -0.212. The zero-order chi connectivity index (χ0) is 18.4. The van der Waals surface area contributed by atoms with Gasteiger partial charge in [-0.05, 0) is 36.8 Å². The fourth-order valence-electron chi connectivity index (χ4n) is 3.29. The summed E-state index contributed by atoms with van der Waals surface area (Å²) in [6, 6.07) is 16.7. The predicted molar refractivity (Wildman–Crippen MR) is 103 cm³/mol. The van der Waals surface area contributed by atoms with Crippen LogP contribution in [-0.4, -0.2) is 55.0 Å². The van der Waals surface area contributed by atoms with Crippen molar-refractivity contribution >= 4 is 11.6 Å². The van der Waals surface area contributed by atoms with Crippen molar-refractivity contribution in [2.24, 2.45) is 0 Å². The number of hydrogen-bond donors (Lipinski definition) is 0. The van der Waals surface area contributed by atoms with Crippen molar-refractivity contribution in [3.8, 4) is 0 Å². The fourth-order valence-corrected chi connectivity index (χ4v) is 3.29. The third-order valence-electron chi connectivity index (χ3n) is 4.87. The first-order chi connectivity index (χ1) is 12.7. The molecule has 0 spiro atoms. The van der Waals surface area contributed by atoms with Crippen molar-refractivity contribution in [3.63, 3.8) is 0 Å². The molecule has 0 unspecified atom stereocenters. The van der Waals surface area contributed by atoms with E-state index in [1.54, 1.807) is 0 Å². The predicted octanol–water partition coefficient (Wildman–Crippen LogP) is 3.00. The molecule has 0 atom stereocenters. The number of likely N-dealkylation sites (N-methyl/N-ethyl adjacent to an activating group) is 1. The van der Waals surface area contributed by atoms with Crippen molar-refractivity contribution in [2.45, 2.75) is 13.5 Å².